The van der Waals surface area contributed by atoms with Gasteiger partial charge in [0.25, 0.3) is 5.91 Å². The average Bonchev–Trinajstić information content (AvgIpc) is 3.49. The van der Waals surface area contributed by atoms with Crippen LogP contribution in [0.15, 0.2) is 55.0 Å². The van der Waals surface area contributed by atoms with Crippen LogP contribution in [0.1, 0.15) is 16.1 Å². The van der Waals surface area contributed by atoms with Crippen LogP contribution < -0.4 is 11.1 Å². The average molecular weight is 428 g/mol. The van der Waals surface area contributed by atoms with Crippen molar-refractivity contribution in [2.45, 2.75) is 13.2 Å². The Kier molecular flexibility index (Phi) is 4.96. The van der Waals surface area contributed by atoms with Gasteiger partial charge in [0.2, 0.25) is 0 Å². The van der Waals surface area contributed by atoms with E-state index >= 15 is 0 Å². The van der Waals surface area contributed by atoms with E-state index < -0.39 is 0 Å². The lowest BCUT2D eigenvalue weighted by Gasteiger charge is -2.05. The van der Waals surface area contributed by atoms with E-state index in [9.17, 15) is 9.90 Å². The number of fused-ring (bicyclic) bond motifs is 3. The standard InChI is InChI=1S/C22H20N8O2/c23-21-20-16(15-2-1-14(10-18(15)27-21)17-4-6-26-28-17)11-30(29-20)8-7-25-22(32)19-9-13(12-31)3-5-24-19/h1-6,9-11,31H,7-8,12H2,(H2,23,27)(H,25,32)(H,26,28). The molecule has 0 atom stereocenters. The first-order valence-corrected chi connectivity index (χ1v) is 10.0. The molecule has 5 rings (SSSR count). The molecule has 0 bridgehead atoms. The summed E-state index contributed by atoms with van der Waals surface area (Å²) < 4.78 is 1.74. The van der Waals surface area contributed by atoms with E-state index in [0.29, 0.717) is 30.0 Å². The molecule has 0 unspecified atom stereocenters. The summed E-state index contributed by atoms with van der Waals surface area (Å²) in [7, 11) is 0. The molecule has 0 fully saturated rings. The minimum Gasteiger partial charge on any atom is -0.392 e. The number of carbonyl (C=O) groups is 1. The summed E-state index contributed by atoms with van der Waals surface area (Å²) in [5.74, 6) is 0.0361. The first-order chi connectivity index (χ1) is 15.6. The number of nitrogens with two attached hydrogens (primary N) is 1. The number of carbonyl (C=O) groups excluding carboxylic acids is 1. The summed E-state index contributed by atoms with van der Waals surface area (Å²) in [6.45, 7) is 0.661. The number of aromatic nitrogens is 6. The van der Waals surface area contributed by atoms with Crippen LogP contribution in [0.4, 0.5) is 5.82 Å². The summed E-state index contributed by atoms with van der Waals surface area (Å²) in [5.41, 5.74) is 10.2. The van der Waals surface area contributed by atoms with Gasteiger partial charge in [-0.2, -0.15) is 10.2 Å². The molecule has 4 heterocycles. The van der Waals surface area contributed by atoms with Crippen molar-refractivity contribution in [2.75, 3.05) is 12.3 Å². The Balaban J connectivity index is 1.36. The normalized spacial score (nSPS) is 11.3. The van der Waals surface area contributed by atoms with E-state index in [1.165, 1.54) is 6.20 Å². The highest BCUT2D eigenvalue weighted by Gasteiger charge is 2.13. The number of pyridine rings is 2. The number of hydrogen-bond donors (Lipinski definition) is 4. The van der Waals surface area contributed by atoms with Crippen LogP contribution in [0.25, 0.3) is 33.1 Å². The van der Waals surface area contributed by atoms with Crippen LogP contribution in [0.5, 0.6) is 0 Å². The molecule has 0 spiro atoms. The van der Waals surface area contributed by atoms with E-state index in [4.69, 9.17) is 5.73 Å². The summed E-state index contributed by atoms with van der Waals surface area (Å²) in [6.07, 6.45) is 5.17. The van der Waals surface area contributed by atoms with Gasteiger partial charge < -0.3 is 16.2 Å². The van der Waals surface area contributed by atoms with E-state index in [0.717, 1.165) is 27.5 Å². The molecule has 32 heavy (non-hydrogen) atoms. The van der Waals surface area contributed by atoms with E-state index in [1.54, 1.807) is 23.0 Å². The highest BCUT2D eigenvalue weighted by Crippen LogP contribution is 2.29. The maximum absolute atomic E-state index is 12.3. The zero-order valence-corrected chi connectivity index (χ0v) is 17.0. The number of nitrogen functional groups attached to an aromatic ring is 1. The Morgan fingerprint density at radius 2 is 2.09 bits per heavy atom. The number of amides is 1. The lowest BCUT2D eigenvalue weighted by Crippen LogP contribution is -2.28. The molecule has 160 valence electrons. The summed E-state index contributed by atoms with van der Waals surface area (Å²) in [6, 6.07) is 11.0. The Morgan fingerprint density at radius 3 is 2.91 bits per heavy atom. The smallest absolute Gasteiger partial charge is 0.269 e. The zero-order valence-electron chi connectivity index (χ0n) is 17.0. The van der Waals surface area contributed by atoms with Crippen LogP contribution in [0, 0.1) is 0 Å². The molecule has 10 heteroatoms. The zero-order chi connectivity index (χ0) is 22.1. The molecular weight excluding hydrogens is 408 g/mol. The fourth-order valence-electron chi connectivity index (χ4n) is 3.61. The van der Waals surface area contributed by atoms with Gasteiger partial charge >= 0.3 is 0 Å². The van der Waals surface area contributed by atoms with Crippen molar-refractivity contribution in [2.24, 2.45) is 0 Å². The Hall–Kier alpha value is -4.31. The molecule has 5 aromatic rings. The van der Waals surface area contributed by atoms with Crippen molar-refractivity contribution < 1.29 is 9.90 Å². The number of hydrogen-bond acceptors (Lipinski definition) is 7. The SMILES string of the molecule is Nc1nc2cc(-c3cc[nH]n3)ccc2c2cn(CCNC(=O)c3cc(CO)ccn3)nc12. The van der Waals surface area contributed by atoms with Gasteiger partial charge in [0.15, 0.2) is 5.82 Å². The molecular formula is C22H20N8O2. The van der Waals surface area contributed by atoms with E-state index in [2.05, 4.69) is 30.6 Å². The maximum atomic E-state index is 12.3. The highest BCUT2D eigenvalue weighted by atomic mass is 16.3. The second kappa shape index (κ2) is 8.08. The fraction of sp³-hybridized carbons (Fsp3) is 0.136. The van der Waals surface area contributed by atoms with E-state index in [1.807, 2.05) is 30.5 Å². The third-order valence-corrected chi connectivity index (χ3v) is 5.20. The number of aromatic amines is 1. The molecule has 5 N–H and O–H groups in total. The Morgan fingerprint density at radius 1 is 1.19 bits per heavy atom. The van der Waals surface area contributed by atoms with Crippen LogP contribution in [-0.4, -0.2) is 47.5 Å². The lowest BCUT2D eigenvalue weighted by molar-refractivity contribution is 0.0947. The second-order valence-corrected chi connectivity index (χ2v) is 7.31. The fourth-order valence-corrected chi connectivity index (χ4v) is 3.61. The number of anilines is 1. The van der Waals surface area contributed by atoms with Crippen molar-refractivity contribution >= 4 is 33.5 Å². The summed E-state index contributed by atoms with van der Waals surface area (Å²) >= 11 is 0. The van der Waals surface area contributed by atoms with Crippen molar-refractivity contribution in [1.82, 2.24) is 35.3 Å². The van der Waals surface area contributed by atoms with Gasteiger partial charge in [0, 0.05) is 41.5 Å². The quantitative estimate of drug-likeness (QED) is 0.323. The number of H-pyrrole nitrogens is 1. The third kappa shape index (κ3) is 3.63. The number of rotatable bonds is 6. The van der Waals surface area contributed by atoms with Gasteiger partial charge in [0.1, 0.15) is 11.2 Å². The van der Waals surface area contributed by atoms with Gasteiger partial charge in [-0.15, -0.1) is 0 Å². The van der Waals surface area contributed by atoms with Crippen molar-refractivity contribution in [3.8, 4) is 11.3 Å². The Labute approximate surface area is 182 Å². The number of nitrogens with zero attached hydrogens (tertiary/aromatic N) is 5. The summed E-state index contributed by atoms with van der Waals surface area (Å²) in [5, 5.41) is 25.4. The molecule has 4 aromatic heterocycles. The first kappa shape index (κ1) is 19.6. The molecule has 1 aromatic carbocycles. The van der Waals surface area contributed by atoms with Gasteiger partial charge in [-0.25, -0.2) is 4.98 Å². The van der Waals surface area contributed by atoms with Crippen LogP contribution >= 0.6 is 0 Å². The third-order valence-electron chi connectivity index (χ3n) is 5.20. The van der Waals surface area contributed by atoms with Crippen molar-refractivity contribution in [3.05, 3.63) is 66.2 Å². The lowest BCUT2D eigenvalue weighted by atomic mass is 10.1. The number of aliphatic hydroxyl groups is 1. The van der Waals surface area contributed by atoms with Crippen LogP contribution in [-0.2, 0) is 13.2 Å². The van der Waals surface area contributed by atoms with Gasteiger partial charge in [-0.05, 0) is 29.8 Å². The van der Waals surface area contributed by atoms with Crippen LogP contribution in [0.3, 0.4) is 0 Å². The molecule has 0 aliphatic carbocycles. The minimum atomic E-state index is -0.311. The number of nitrogens with one attached hydrogen (secondary N) is 2. The predicted octanol–water partition coefficient (Wildman–Crippen LogP) is 1.87. The van der Waals surface area contributed by atoms with Gasteiger partial charge in [-0.1, -0.05) is 12.1 Å². The van der Waals surface area contributed by atoms with Gasteiger partial charge in [0.05, 0.1) is 24.4 Å². The number of benzene rings is 1. The molecule has 0 radical (unpaired) electrons. The highest BCUT2D eigenvalue weighted by molar-refractivity contribution is 6.08. The molecule has 0 aliphatic heterocycles. The van der Waals surface area contributed by atoms with Crippen molar-refractivity contribution in [1.29, 1.82) is 0 Å². The Bertz CT molecular complexity index is 1430. The van der Waals surface area contributed by atoms with Crippen LogP contribution in [0.2, 0.25) is 0 Å². The van der Waals surface area contributed by atoms with Gasteiger partial charge in [-0.3, -0.25) is 19.6 Å². The molecule has 10 nitrogen and oxygen atoms in total. The first-order valence-electron chi connectivity index (χ1n) is 10.0. The maximum Gasteiger partial charge on any atom is 0.269 e. The van der Waals surface area contributed by atoms with E-state index in [-0.39, 0.29) is 18.2 Å². The van der Waals surface area contributed by atoms with Crippen molar-refractivity contribution in [3.63, 3.8) is 0 Å². The second-order valence-electron chi connectivity index (χ2n) is 7.31. The monoisotopic (exact) mass is 428 g/mol. The predicted molar refractivity (Wildman–Crippen MR) is 120 cm³/mol. The minimum absolute atomic E-state index is 0.144. The molecule has 0 saturated heterocycles. The molecule has 1 amide bonds. The molecule has 0 aliphatic rings. The molecule has 0 saturated carbocycles. The summed E-state index contributed by atoms with van der Waals surface area (Å²) in [4.78, 5) is 20.9. The topological polar surface area (TPSA) is 148 Å². The largest absolute Gasteiger partial charge is 0.392 e. The number of aliphatic hydroxyl groups excluding tert-OH is 1.